The van der Waals surface area contributed by atoms with Crippen molar-refractivity contribution < 1.29 is 9.90 Å². The first-order chi connectivity index (χ1) is 10.3. The summed E-state index contributed by atoms with van der Waals surface area (Å²) in [6, 6.07) is 0.329. The lowest BCUT2D eigenvalue weighted by molar-refractivity contribution is -0.148. The van der Waals surface area contributed by atoms with Crippen molar-refractivity contribution in [2.75, 3.05) is 26.2 Å². The van der Waals surface area contributed by atoms with Crippen LogP contribution in [0.1, 0.15) is 57.8 Å². The van der Waals surface area contributed by atoms with E-state index in [0.29, 0.717) is 6.04 Å². The molecule has 1 aliphatic carbocycles. The molecule has 2 aliphatic heterocycles. The summed E-state index contributed by atoms with van der Waals surface area (Å²) in [5, 5.41) is 9.56. The van der Waals surface area contributed by atoms with Crippen LogP contribution in [-0.2, 0) is 4.79 Å². The van der Waals surface area contributed by atoms with E-state index in [1.54, 1.807) is 0 Å². The fraction of sp³-hybridized carbons (Fsp3) is 0.941. The predicted molar refractivity (Wildman–Crippen MR) is 83.4 cm³/mol. The Bertz CT molecular complexity index is 355. The quantitative estimate of drug-likeness (QED) is 0.846. The van der Waals surface area contributed by atoms with Gasteiger partial charge in [-0.05, 0) is 70.5 Å². The van der Waals surface area contributed by atoms with Gasteiger partial charge in [-0.15, -0.1) is 0 Å². The first kappa shape index (κ1) is 15.3. The molecule has 0 bridgehead atoms. The van der Waals surface area contributed by atoms with E-state index in [0.717, 1.165) is 38.3 Å². The van der Waals surface area contributed by atoms with Gasteiger partial charge in [-0.2, -0.15) is 0 Å². The molecule has 0 aromatic rings. The molecule has 3 aliphatic rings. The standard InChI is InChI=1S/C17H30N2O2/c20-17(21)16-9-8-14-6-1-2-7-15(14)19(16)13-5-12-18-10-3-4-11-18/h14-16H,1-13H2,(H,20,21). The van der Waals surface area contributed by atoms with Gasteiger partial charge in [0.05, 0.1) is 0 Å². The van der Waals surface area contributed by atoms with Crippen LogP contribution in [0.15, 0.2) is 0 Å². The number of carboxylic acids is 1. The van der Waals surface area contributed by atoms with Crippen molar-refractivity contribution in [1.29, 1.82) is 0 Å². The molecule has 3 atom stereocenters. The second kappa shape index (κ2) is 7.10. The number of likely N-dealkylation sites (tertiary alicyclic amines) is 2. The summed E-state index contributed by atoms with van der Waals surface area (Å²) in [5.74, 6) is 0.168. The molecule has 120 valence electrons. The highest BCUT2D eigenvalue weighted by molar-refractivity contribution is 5.73. The third kappa shape index (κ3) is 3.59. The van der Waals surface area contributed by atoms with Gasteiger partial charge in [0.2, 0.25) is 0 Å². The smallest absolute Gasteiger partial charge is 0.320 e. The first-order valence-corrected chi connectivity index (χ1v) is 8.96. The number of carboxylic acid groups (broad SMARTS) is 1. The molecule has 21 heavy (non-hydrogen) atoms. The summed E-state index contributed by atoms with van der Waals surface area (Å²) in [4.78, 5) is 16.5. The van der Waals surface area contributed by atoms with E-state index in [9.17, 15) is 9.90 Å². The molecule has 1 saturated carbocycles. The molecular weight excluding hydrogens is 264 g/mol. The number of hydrogen-bond acceptors (Lipinski definition) is 3. The van der Waals surface area contributed by atoms with Crippen molar-refractivity contribution in [3.63, 3.8) is 0 Å². The topological polar surface area (TPSA) is 43.8 Å². The lowest BCUT2D eigenvalue weighted by Crippen LogP contribution is -2.55. The average molecular weight is 294 g/mol. The third-order valence-corrected chi connectivity index (χ3v) is 5.88. The highest BCUT2D eigenvalue weighted by Gasteiger charge is 2.40. The second-order valence-electron chi connectivity index (χ2n) is 7.18. The molecule has 0 aromatic carbocycles. The molecule has 0 radical (unpaired) electrons. The van der Waals surface area contributed by atoms with E-state index in [1.165, 1.54) is 51.6 Å². The molecular formula is C17H30N2O2. The Morgan fingerprint density at radius 1 is 0.952 bits per heavy atom. The van der Waals surface area contributed by atoms with Gasteiger partial charge in [-0.25, -0.2) is 0 Å². The Labute approximate surface area is 128 Å². The van der Waals surface area contributed by atoms with Crippen LogP contribution in [0.4, 0.5) is 0 Å². The molecule has 4 nitrogen and oxygen atoms in total. The minimum Gasteiger partial charge on any atom is -0.480 e. The summed E-state index contributed by atoms with van der Waals surface area (Å²) in [5.41, 5.74) is 0. The normalized spacial score (nSPS) is 34.8. The van der Waals surface area contributed by atoms with Gasteiger partial charge in [0.25, 0.3) is 0 Å². The number of carbonyl (C=O) groups is 1. The first-order valence-electron chi connectivity index (χ1n) is 8.96. The van der Waals surface area contributed by atoms with Crippen LogP contribution in [-0.4, -0.2) is 59.1 Å². The Kier molecular flexibility index (Phi) is 5.17. The number of aliphatic carboxylic acids is 1. The molecule has 2 saturated heterocycles. The van der Waals surface area contributed by atoms with Crippen LogP contribution < -0.4 is 0 Å². The Morgan fingerprint density at radius 2 is 1.71 bits per heavy atom. The average Bonchev–Trinajstić information content (AvgIpc) is 3.00. The maximum Gasteiger partial charge on any atom is 0.320 e. The molecule has 3 unspecified atom stereocenters. The molecule has 0 amide bonds. The van der Waals surface area contributed by atoms with E-state index in [1.807, 2.05) is 0 Å². The summed E-state index contributed by atoms with van der Waals surface area (Å²) < 4.78 is 0. The lowest BCUT2D eigenvalue weighted by atomic mass is 9.76. The molecule has 3 fully saturated rings. The maximum atomic E-state index is 11.6. The van der Waals surface area contributed by atoms with Crippen molar-refractivity contribution in [1.82, 2.24) is 9.80 Å². The molecule has 0 spiro atoms. The number of hydrogen-bond donors (Lipinski definition) is 1. The van der Waals surface area contributed by atoms with Crippen LogP contribution in [0, 0.1) is 5.92 Å². The largest absolute Gasteiger partial charge is 0.480 e. The molecule has 1 N–H and O–H groups in total. The van der Waals surface area contributed by atoms with Crippen molar-refractivity contribution in [3.05, 3.63) is 0 Å². The van der Waals surface area contributed by atoms with Crippen molar-refractivity contribution in [3.8, 4) is 0 Å². The summed E-state index contributed by atoms with van der Waals surface area (Å²) >= 11 is 0. The molecule has 4 heteroatoms. The number of nitrogens with zero attached hydrogens (tertiary/aromatic N) is 2. The maximum absolute atomic E-state index is 11.6. The summed E-state index contributed by atoms with van der Waals surface area (Å²) in [6.45, 7) is 4.62. The number of fused-ring (bicyclic) bond motifs is 1. The minimum absolute atomic E-state index is 0.220. The molecule has 2 heterocycles. The van der Waals surface area contributed by atoms with E-state index < -0.39 is 5.97 Å². The number of rotatable bonds is 5. The van der Waals surface area contributed by atoms with Crippen molar-refractivity contribution >= 4 is 5.97 Å². The van der Waals surface area contributed by atoms with Gasteiger partial charge in [-0.1, -0.05) is 12.8 Å². The third-order valence-electron chi connectivity index (χ3n) is 5.88. The fourth-order valence-corrected chi connectivity index (χ4v) is 4.80. The second-order valence-corrected chi connectivity index (χ2v) is 7.18. The Balaban J connectivity index is 1.57. The molecule has 0 aromatic heterocycles. The van der Waals surface area contributed by atoms with E-state index in [4.69, 9.17) is 0 Å². The zero-order valence-corrected chi connectivity index (χ0v) is 13.2. The van der Waals surface area contributed by atoms with Gasteiger partial charge < -0.3 is 10.0 Å². The zero-order chi connectivity index (χ0) is 14.7. The summed E-state index contributed by atoms with van der Waals surface area (Å²) in [7, 11) is 0. The highest BCUT2D eigenvalue weighted by Crippen LogP contribution is 2.38. The van der Waals surface area contributed by atoms with Crippen LogP contribution in [0.2, 0.25) is 0 Å². The van der Waals surface area contributed by atoms with E-state index >= 15 is 0 Å². The monoisotopic (exact) mass is 294 g/mol. The predicted octanol–water partition coefficient (Wildman–Crippen LogP) is 2.58. The van der Waals surface area contributed by atoms with Crippen molar-refractivity contribution in [2.24, 2.45) is 5.92 Å². The lowest BCUT2D eigenvalue weighted by Gasteiger charge is -2.47. The highest BCUT2D eigenvalue weighted by atomic mass is 16.4. The van der Waals surface area contributed by atoms with Gasteiger partial charge in [0.15, 0.2) is 0 Å². The van der Waals surface area contributed by atoms with Gasteiger partial charge in [0, 0.05) is 12.6 Å². The Hall–Kier alpha value is -0.610. The number of piperidine rings is 1. The van der Waals surface area contributed by atoms with Crippen molar-refractivity contribution in [2.45, 2.75) is 69.9 Å². The van der Waals surface area contributed by atoms with Gasteiger partial charge in [-0.3, -0.25) is 9.69 Å². The molecule has 3 rings (SSSR count). The Morgan fingerprint density at radius 3 is 2.48 bits per heavy atom. The van der Waals surface area contributed by atoms with Crippen LogP contribution in [0.5, 0.6) is 0 Å². The fourth-order valence-electron chi connectivity index (χ4n) is 4.80. The van der Waals surface area contributed by atoms with Crippen LogP contribution in [0.25, 0.3) is 0 Å². The van der Waals surface area contributed by atoms with E-state index in [2.05, 4.69) is 9.80 Å². The van der Waals surface area contributed by atoms with Crippen LogP contribution >= 0.6 is 0 Å². The zero-order valence-electron chi connectivity index (χ0n) is 13.2. The summed E-state index contributed by atoms with van der Waals surface area (Å²) in [6.07, 6.45) is 11.0. The minimum atomic E-state index is -0.597. The SMILES string of the molecule is O=C(O)C1CCC2CCCCC2N1CCCN1CCCC1. The van der Waals surface area contributed by atoms with Gasteiger partial charge in [0.1, 0.15) is 6.04 Å². The van der Waals surface area contributed by atoms with Crippen LogP contribution in [0.3, 0.4) is 0 Å². The van der Waals surface area contributed by atoms with Gasteiger partial charge >= 0.3 is 5.97 Å². The van der Waals surface area contributed by atoms with E-state index in [-0.39, 0.29) is 6.04 Å².